The Balaban J connectivity index is 1.44. The summed E-state index contributed by atoms with van der Waals surface area (Å²) in [5.74, 6) is -1.35. The number of ketones is 3. The standard InChI is InChI=1S/C37H40N4O9/c1-5-26-23(3)20-29(39(48)35(26)45)32(42)14-9-17-38(18-10-15-33(43)30-21-24(4)27(6-2)36(46)40(30)49)19-11-16-34(44)31-22-25-12-7-8-13-28(25)37(47)41(31)50/h5-8,12-13,20-22,48-50H,1-2,9-11,14-19H2,3-4H3. The molecule has 4 aromatic rings. The third kappa shape index (κ3) is 7.90. The molecule has 13 nitrogen and oxygen atoms in total. The van der Waals surface area contributed by atoms with Crippen LogP contribution in [0.25, 0.3) is 22.9 Å². The van der Waals surface area contributed by atoms with Crippen LogP contribution in [0.5, 0.6) is 0 Å². The lowest BCUT2D eigenvalue weighted by Gasteiger charge is -2.22. The molecule has 0 spiro atoms. The van der Waals surface area contributed by atoms with Gasteiger partial charge in [0.25, 0.3) is 16.7 Å². The monoisotopic (exact) mass is 684 g/mol. The van der Waals surface area contributed by atoms with Crippen molar-refractivity contribution in [3.8, 4) is 0 Å². The maximum Gasteiger partial charge on any atom is 0.291 e. The molecule has 0 bridgehead atoms. The Morgan fingerprint density at radius 2 is 1.02 bits per heavy atom. The predicted octanol–water partition coefficient (Wildman–Crippen LogP) is 4.53. The van der Waals surface area contributed by atoms with E-state index in [1.807, 2.05) is 4.90 Å². The fourth-order valence-corrected chi connectivity index (χ4v) is 5.92. The fraction of sp³-hybridized carbons (Fsp3) is 0.297. The van der Waals surface area contributed by atoms with Gasteiger partial charge in [0.1, 0.15) is 17.1 Å². The van der Waals surface area contributed by atoms with Crippen LogP contribution < -0.4 is 16.7 Å². The lowest BCUT2D eigenvalue weighted by Crippen LogP contribution is -2.30. The normalized spacial score (nSPS) is 11.2. The molecule has 13 heteroatoms. The minimum Gasteiger partial charge on any atom is -0.425 e. The molecule has 0 fully saturated rings. The van der Waals surface area contributed by atoms with E-state index in [4.69, 9.17) is 0 Å². The summed E-state index contributed by atoms with van der Waals surface area (Å²) in [5, 5.41) is 31.8. The van der Waals surface area contributed by atoms with E-state index < -0.39 is 34.0 Å². The Morgan fingerprint density at radius 1 is 0.640 bits per heavy atom. The largest absolute Gasteiger partial charge is 0.425 e. The summed E-state index contributed by atoms with van der Waals surface area (Å²) in [6.07, 6.45) is 3.53. The van der Waals surface area contributed by atoms with E-state index in [2.05, 4.69) is 13.2 Å². The number of nitrogens with zero attached hydrogens (tertiary/aromatic N) is 4. The molecular weight excluding hydrogens is 644 g/mol. The number of rotatable bonds is 17. The molecule has 0 amide bonds. The predicted molar refractivity (Wildman–Crippen MR) is 188 cm³/mol. The van der Waals surface area contributed by atoms with Crippen LogP contribution >= 0.6 is 0 Å². The molecule has 0 aliphatic heterocycles. The van der Waals surface area contributed by atoms with E-state index in [0.717, 1.165) is 0 Å². The third-order valence-corrected chi connectivity index (χ3v) is 8.66. The zero-order chi connectivity index (χ0) is 36.7. The minimum absolute atomic E-state index is 0.00978. The van der Waals surface area contributed by atoms with E-state index in [1.54, 1.807) is 38.1 Å². The van der Waals surface area contributed by atoms with Gasteiger partial charge >= 0.3 is 0 Å². The molecule has 3 heterocycles. The summed E-state index contributed by atoms with van der Waals surface area (Å²) >= 11 is 0. The molecule has 0 unspecified atom stereocenters. The van der Waals surface area contributed by atoms with Gasteiger partial charge in [-0.15, -0.1) is 14.2 Å². The molecule has 0 aliphatic carbocycles. The van der Waals surface area contributed by atoms with E-state index in [1.165, 1.54) is 30.4 Å². The number of aromatic nitrogens is 3. The van der Waals surface area contributed by atoms with Gasteiger partial charge in [-0.1, -0.05) is 43.5 Å². The molecule has 0 atom stereocenters. The molecule has 50 heavy (non-hydrogen) atoms. The molecule has 3 N–H and O–H groups in total. The first-order chi connectivity index (χ1) is 23.8. The number of fused-ring (bicyclic) bond motifs is 1. The number of aryl methyl sites for hydroxylation is 2. The number of carbonyl (C=O) groups is 3. The number of pyridine rings is 3. The second-order valence-corrected chi connectivity index (χ2v) is 12.1. The Kier molecular flexibility index (Phi) is 11.9. The highest BCUT2D eigenvalue weighted by molar-refractivity contribution is 5.98. The van der Waals surface area contributed by atoms with Gasteiger partial charge in [0.05, 0.1) is 5.39 Å². The average molecular weight is 685 g/mol. The van der Waals surface area contributed by atoms with Gasteiger partial charge in [0.2, 0.25) is 0 Å². The van der Waals surface area contributed by atoms with Crippen molar-refractivity contribution in [1.29, 1.82) is 0 Å². The van der Waals surface area contributed by atoms with E-state index in [9.17, 15) is 44.4 Å². The van der Waals surface area contributed by atoms with Crippen LogP contribution in [0.15, 0.2) is 70.0 Å². The highest BCUT2D eigenvalue weighted by atomic mass is 16.5. The van der Waals surface area contributed by atoms with Crippen LogP contribution in [0.2, 0.25) is 0 Å². The highest BCUT2D eigenvalue weighted by Gasteiger charge is 2.20. The molecule has 4 rings (SSSR count). The first kappa shape index (κ1) is 37.0. The SMILES string of the molecule is C=Cc1c(C)cc(C(=O)CCCN(CCCC(=O)c2cc(C)c(C=C)c(=O)n2O)CCCC(=O)c2cc3ccccc3c(=O)n2O)n(O)c1=O. The van der Waals surface area contributed by atoms with Gasteiger partial charge in [-0.05, 0) is 93.5 Å². The molecule has 3 aromatic heterocycles. The topological polar surface area (TPSA) is 181 Å². The van der Waals surface area contributed by atoms with Crippen LogP contribution in [0, 0.1) is 13.8 Å². The lowest BCUT2D eigenvalue weighted by atomic mass is 10.1. The maximum absolute atomic E-state index is 13.1. The number of hydrogen-bond acceptors (Lipinski definition) is 10. The average Bonchev–Trinajstić information content (AvgIpc) is 3.09. The fourth-order valence-electron chi connectivity index (χ4n) is 5.92. The van der Waals surface area contributed by atoms with Crippen molar-refractivity contribution in [3.63, 3.8) is 0 Å². The van der Waals surface area contributed by atoms with Gasteiger partial charge in [-0.25, -0.2) is 0 Å². The molecule has 262 valence electrons. The summed E-state index contributed by atoms with van der Waals surface area (Å²) in [6.45, 7) is 11.5. The molecular formula is C37H40N4O9. The van der Waals surface area contributed by atoms with Crippen molar-refractivity contribution >= 4 is 40.3 Å². The summed E-state index contributed by atoms with van der Waals surface area (Å²) in [5.41, 5.74) is -1.28. The molecule has 0 aliphatic rings. The van der Waals surface area contributed by atoms with Crippen LogP contribution in [0.1, 0.15) is 92.2 Å². The summed E-state index contributed by atoms with van der Waals surface area (Å²) in [6, 6.07) is 10.9. The van der Waals surface area contributed by atoms with Crippen molar-refractivity contribution in [2.24, 2.45) is 0 Å². The van der Waals surface area contributed by atoms with Crippen molar-refractivity contribution in [3.05, 3.63) is 126 Å². The summed E-state index contributed by atoms with van der Waals surface area (Å²) < 4.78 is 0.992. The molecule has 0 saturated heterocycles. The maximum atomic E-state index is 13.1. The number of carbonyl (C=O) groups excluding carboxylic acids is 3. The quantitative estimate of drug-likeness (QED) is 0.106. The van der Waals surface area contributed by atoms with E-state index in [0.29, 0.717) is 69.6 Å². The minimum atomic E-state index is -0.748. The Hall–Kier alpha value is -5.82. The van der Waals surface area contributed by atoms with Gasteiger partial charge in [-0.3, -0.25) is 28.8 Å². The molecule has 0 radical (unpaired) electrons. The van der Waals surface area contributed by atoms with Crippen LogP contribution in [-0.2, 0) is 0 Å². The van der Waals surface area contributed by atoms with Crippen molar-refractivity contribution in [2.75, 3.05) is 19.6 Å². The first-order valence-corrected chi connectivity index (χ1v) is 16.1. The number of Topliss-reactive ketones (excluding diaryl/α,β-unsaturated/α-hetero) is 3. The summed E-state index contributed by atoms with van der Waals surface area (Å²) in [4.78, 5) is 78.5. The number of hydrogen-bond donors (Lipinski definition) is 3. The smallest absolute Gasteiger partial charge is 0.291 e. The Labute approximate surface area is 287 Å². The third-order valence-electron chi connectivity index (χ3n) is 8.66. The Morgan fingerprint density at radius 3 is 1.44 bits per heavy atom. The van der Waals surface area contributed by atoms with E-state index in [-0.39, 0.29) is 52.9 Å². The van der Waals surface area contributed by atoms with Crippen molar-refractivity contribution in [1.82, 2.24) is 19.1 Å². The number of benzene rings is 1. The highest BCUT2D eigenvalue weighted by Crippen LogP contribution is 2.16. The van der Waals surface area contributed by atoms with Gasteiger partial charge in [0, 0.05) is 30.4 Å². The van der Waals surface area contributed by atoms with Crippen molar-refractivity contribution < 1.29 is 30.0 Å². The van der Waals surface area contributed by atoms with Crippen LogP contribution in [-0.4, -0.2) is 71.7 Å². The summed E-state index contributed by atoms with van der Waals surface area (Å²) in [7, 11) is 0. The zero-order valence-corrected chi connectivity index (χ0v) is 28.1. The Bertz CT molecular complexity index is 2080. The molecule has 1 aromatic carbocycles. The lowest BCUT2D eigenvalue weighted by molar-refractivity contribution is 0.0911. The van der Waals surface area contributed by atoms with Gasteiger partial charge in [-0.2, -0.15) is 0 Å². The van der Waals surface area contributed by atoms with Gasteiger partial charge in [0.15, 0.2) is 17.3 Å². The molecule has 0 saturated carbocycles. The van der Waals surface area contributed by atoms with Crippen molar-refractivity contribution in [2.45, 2.75) is 52.4 Å². The second kappa shape index (κ2) is 16.1. The second-order valence-electron chi connectivity index (χ2n) is 12.1. The zero-order valence-electron chi connectivity index (χ0n) is 28.1. The van der Waals surface area contributed by atoms with Crippen LogP contribution in [0.3, 0.4) is 0 Å². The van der Waals surface area contributed by atoms with Crippen LogP contribution in [0.4, 0.5) is 0 Å². The van der Waals surface area contributed by atoms with E-state index >= 15 is 0 Å². The van der Waals surface area contributed by atoms with Gasteiger partial charge < -0.3 is 20.5 Å². The first-order valence-electron chi connectivity index (χ1n) is 16.1.